The van der Waals surface area contributed by atoms with Crippen LogP contribution in [0.3, 0.4) is 0 Å². The van der Waals surface area contributed by atoms with Gasteiger partial charge in [0.2, 0.25) is 0 Å². The summed E-state index contributed by atoms with van der Waals surface area (Å²) in [5.74, 6) is 1.84. The first kappa shape index (κ1) is 12.4. The molecule has 4 heteroatoms. The molecule has 1 atom stereocenters. The summed E-state index contributed by atoms with van der Waals surface area (Å²) in [7, 11) is 1.95. The van der Waals surface area contributed by atoms with E-state index in [1.807, 2.05) is 25.6 Å². The van der Waals surface area contributed by atoms with Gasteiger partial charge in [0.25, 0.3) is 0 Å². The van der Waals surface area contributed by atoms with Gasteiger partial charge < -0.3 is 10.1 Å². The zero-order valence-electron chi connectivity index (χ0n) is 11.3. The maximum absolute atomic E-state index is 5.79. The molecule has 0 aliphatic heterocycles. The summed E-state index contributed by atoms with van der Waals surface area (Å²) < 4.78 is 7.66. The minimum absolute atomic E-state index is 0.634. The summed E-state index contributed by atoms with van der Waals surface area (Å²) in [4.78, 5) is 0. The standard InChI is InChI=1S/C13H23N3O/c1-9(12-5-6-12)14-7-8-17-13-10(2)15-16(4)11(13)3/h9,12,14H,5-8H2,1-4H3. The maximum atomic E-state index is 5.79. The van der Waals surface area contributed by atoms with E-state index < -0.39 is 0 Å². The van der Waals surface area contributed by atoms with Crippen molar-refractivity contribution in [1.82, 2.24) is 15.1 Å². The third-order valence-corrected chi connectivity index (χ3v) is 3.59. The number of rotatable bonds is 6. The van der Waals surface area contributed by atoms with Gasteiger partial charge in [0.15, 0.2) is 5.75 Å². The van der Waals surface area contributed by atoms with E-state index in [0.717, 1.165) is 29.6 Å². The fourth-order valence-corrected chi connectivity index (χ4v) is 2.17. The van der Waals surface area contributed by atoms with Gasteiger partial charge in [0.05, 0.1) is 5.69 Å². The molecule has 1 N–H and O–H groups in total. The molecule has 0 spiro atoms. The molecule has 0 radical (unpaired) electrons. The van der Waals surface area contributed by atoms with Crippen LogP contribution in [0.1, 0.15) is 31.2 Å². The molecule has 1 aromatic rings. The molecular formula is C13H23N3O. The lowest BCUT2D eigenvalue weighted by Gasteiger charge is -2.13. The van der Waals surface area contributed by atoms with Gasteiger partial charge >= 0.3 is 0 Å². The minimum atomic E-state index is 0.634. The van der Waals surface area contributed by atoms with E-state index in [1.54, 1.807) is 0 Å². The van der Waals surface area contributed by atoms with E-state index in [-0.39, 0.29) is 0 Å². The quantitative estimate of drug-likeness (QED) is 0.767. The lowest BCUT2D eigenvalue weighted by Crippen LogP contribution is -2.31. The van der Waals surface area contributed by atoms with E-state index in [9.17, 15) is 0 Å². The van der Waals surface area contributed by atoms with E-state index >= 15 is 0 Å². The van der Waals surface area contributed by atoms with Crippen LogP contribution in [0.5, 0.6) is 5.75 Å². The highest BCUT2D eigenvalue weighted by molar-refractivity contribution is 5.31. The van der Waals surface area contributed by atoms with Crippen molar-refractivity contribution in [1.29, 1.82) is 0 Å². The van der Waals surface area contributed by atoms with E-state index in [0.29, 0.717) is 12.6 Å². The van der Waals surface area contributed by atoms with Gasteiger partial charge in [-0.1, -0.05) is 0 Å². The largest absolute Gasteiger partial charge is 0.488 e. The Hall–Kier alpha value is -1.03. The molecule has 1 saturated carbocycles. The monoisotopic (exact) mass is 237 g/mol. The normalized spacial score (nSPS) is 17.2. The molecule has 1 aliphatic carbocycles. The van der Waals surface area contributed by atoms with Gasteiger partial charge in [-0.15, -0.1) is 0 Å². The van der Waals surface area contributed by atoms with Crippen LogP contribution < -0.4 is 10.1 Å². The molecule has 0 saturated heterocycles. The van der Waals surface area contributed by atoms with E-state index in [4.69, 9.17) is 4.74 Å². The lowest BCUT2D eigenvalue weighted by atomic mass is 10.2. The SMILES string of the molecule is Cc1nn(C)c(C)c1OCCNC(C)C1CC1. The van der Waals surface area contributed by atoms with Gasteiger partial charge in [0.1, 0.15) is 12.3 Å². The van der Waals surface area contributed by atoms with Crippen LogP contribution in [-0.4, -0.2) is 29.0 Å². The second kappa shape index (κ2) is 5.08. The Bertz CT molecular complexity index is 382. The topological polar surface area (TPSA) is 39.1 Å². The van der Waals surface area contributed by atoms with Crippen molar-refractivity contribution in [2.45, 2.75) is 39.7 Å². The smallest absolute Gasteiger partial charge is 0.163 e. The molecular weight excluding hydrogens is 214 g/mol. The zero-order chi connectivity index (χ0) is 12.4. The number of nitrogens with one attached hydrogen (secondary N) is 1. The minimum Gasteiger partial charge on any atom is -0.488 e. The number of aromatic nitrogens is 2. The number of hydrogen-bond acceptors (Lipinski definition) is 3. The third kappa shape index (κ3) is 3.00. The second-order valence-electron chi connectivity index (χ2n) is 5.05. The van der Waals surface area contributed by atoms with E-state index in [1.165, 1.54) is 12.8 Å². The zero-order valence-corrected chi connectivity index (χ0v) is 11.3. The van der Waals surface area contributed by atoms with Crippen molar-refractivity contribution in [3.63, 3.8) is 0 Å². The Balaban J connectivity index is 1.73. The van der Waals surface area contributed by atoms with Crippen LogP contribution in [0, 0.1) is 19.8 Å². The number of ether oxygens (including phenoxy) is 1. The molecule has 17 heavy (non-hydrogen) atoms. The fraction of sp³-hybridized carbons (Fsp3) is 0.769. The summed E-state index contributed by atoms with van der Waals surface area (Å²) in [5, 5.41) is 7.84. The predicted octanol–water partition coefficient (Wildman–Crippen LogP) is 1.80. The third-order valence-electron chi connectivity index (χ3n) is 3.59. The van der Waals surface area contributed by atoms with Crippen LogP contribution in [0.4, 0.5) is 0 Å². The van der Waals surface area contributed by atoms with Crippen LogP contribution in [0.15, 0.2) is 0 Å². The Kier molecular flexibility index (Phi) is 3.72. The summed E-state index contributed by atoms with van der Waals surface area (Å²) in [5.41, 5.74) is 2.07. The summed E-state index contributed by atoms with van der Waals surface area (Å²) in [6.45, 7) is 7.91. The highest BCUT2D eigenvalue weighted by Crippen LogP contribution is 2.32. The Labute approximate surface area is 103 Å². The fourth-order valence-electron chi connectivity index (χ4n) is 2.17. The average Bonchev–Trinajstić information content (AvgIpc) is 3.08. The lowest BCUT2D eigenvalue weighted by molar-refractivity contribution is 0.299. The molecule has 0 bridgehead atoms. The predicted molar refractivity (Wildman–Crippen MR) is 68.4 cm³/mol. The molecule has 1 aliphatic rings. The average molecular weight is 237 g/mol. The number of nitrogens with zero attached hydrogens (tertiary/aromatic N) is 2. The van der Waals surface area contributed by atoms with Crippen molar-refractivity contribution in [3.8, 4) is 5.75 Å². The van der Waals surface area contributed by atoms with Crippen LogP contribution in [0.25, 0.3) is 0 Å². The first-order chi connectivity index (χ1) is 8.09. The van der Waals surface area contributed by atoms with E-state index in [2.05, 4.69) is 17.3 Å². The van der Waals surface area contributed by atoms with Gasteiger partial charge in [0, 0.05) is 19.6 Å². The summed E-state index contributed by atoms with van der Waals surface area (Å²) >= 11 is 0. The van der Waals surface area contributed by atoms with Gasteiger partial charge in [-0.2, -0.15) is 5.10 Å². The van der Waals surface area contributed by atoms with Crippen molar-refractivity contribution >= 4 is 0 Å². The molecule has 0 aromatic carbocycles. The van der Waals surface area contributed by atoms with Gasteiger partial charge in [-0.05, 0) is 39.5 Å². The summed E-state index contributed by atoms with van der Waals surface area (Å²) in [6, 6.07) is 0.634. The van der Waals surface area contributed by atoms with Crippen LogP contribution in [0.2, 0.25) is 0 Å². The van der Waals surface area contributed by atoms with Crippen LogP contribution >= 0.6 is 0 Å². The first-order valence-electron chi connectivity index (χ1n) is 6.46. The van der Waals surface area contributed by atoms with Crippen molar-refractivity contribution in [3.05, 3.63) is 11.4 Å². The van der Waals surface area contributed by atoms with Gasteiger partial charge in [-0.25, -0.2) is 0 Å². The molecule has 4 nitrogen and oxygen atoms in total. The number of hydrogen-bond donors (Lipinski definition) is 1. The highest BCUT2D eigenvalue weighted by atomic mass is 16.5. The Morgan fingerprint density at radius 2 is 2.18 bits per heavy atom. The molecule has 1 aromatic heterocycles. The summed E-state index contributed by atoms with van der Waals surface area (Å²) in [6.07, 6.45) is 2.77. The van der Waals surface area contributed by atoms with Crippen molar-refractivity contribution in [2.75, 3.05) is 13.2 Å². The molecule has 0 amide bonds. The van der Waals surface area contributed by atoms with Crippen molar-refractivity contribution in [2.24, 2.45) is 13.0 Å². The molecule has 2 rings (SSSR count). The van der Waals surface area contributed by atoms with Crippen LogP contribution in [-0.2, 0) is 7.05 Å². The Morgan fingerprint density at radius 3 is 2.71 bits per heavy atom. The molecule has 1 heterocycles. The molecule has 1 fully saturated rings. The van der Waals surface area contributed by atoms with Gasteiger partial charge in [-0.3, -0.25) is 4.68 Å². The number of aryl methyl sites for hydroxylation is 2. The van der Waals surface area contributed by atoms with Crippen molar-refractivity contribution < 1.29 is 4.74 Å². The second-order valence-corrected chi connectivity index (χ2v) is 5.05. The molecule has 1 unspecified atom stereocenters. The maximum Gasteiger partial charge on any atom is 0.163 e. The Morgan fingerprint density at radius 1 is 1.47 bits per heavy atom. The first-order valence-corrected chi connectivity index (χ1v) is 6.46. The highest BCUT2D eigenvalue weighted by Gasteiger charge is 2.27. The molecule has 96 valence electrons.